The summed E-state index contributed by atoms with van der Waals surface area (Å²) in [4.78, 5) is 17.5. The first-order valence-electron chi connectivity index (χ1n) is 12.5. The van der Waals surface area contributed by atoms with Crippen LogP contribution in [0.2, 0.25) is 0 Å². The van der Waals surface area contributed by atoms with Gasteiger partial charge in [0.1, 0.15) is 11.6 Å². The number of aromatic nitrogens is 2. The van der Waals surface area contributed by atoms with Gasteiger partial charge >= 0.3 is 0 Å². The minimum Gasteiger partial charge on any atom is -0.493 e. The number of hydrogen-bond donors (Lipinski definition) is 1. The summed E-state index contributed by atoms with van der Waals surface area (Å²) in [6.45, 7) is 10.4. The van der Waals surface area contributed by atoms with E-state index in [-0.39, 0.29) is 5.91 Å². The number of nitrogens with one attached hydrogen (secondary N) is 1. The Hall–Kier alpha value is -3.60. The number of benzene rings is 3. The van der Waals surface area contributed by atoms with Gasteiger partial charge in [-0.1, -0.05) is 56.3 Å². The Morgan fingerprint density at radius 2 is 1.80 bits per heavy atom. The van der Waals surface area contributed by atoms with Gasteiger partial charge in [-0.05, 0) is 67.1 Å². The van der Waals surface area contributed by atoms with Crippen molar-refractivity contribution in [3.05, 3.63) is 94.8 Å². The molecule has 182 valence electrons. The highest BCUT2D eigenvalue weighted by Crippen LogP contribution is 2.27. The van der Waals surface area contributed by atoms with Crippen molar-refractivity contribution in [2.45, 2.75) is 53.0 Å². The number of carbonyl (C=O) groups is 1. The molecule has 1 heterocycles. The molecule has 0 aliphatic heterocycles. The zero-order valence-electron chi connectivity index (χ0n) is 21.2. The van der Waals surface area contributed by atoms with E-state index in [1.165, 1.54) is 11.1 Å². The molecule has 0 bridgehead atoms. The van der Waals surface area contributed by atoms with Gasteiger partial charge in [0, 0.05) is 25.1 Å². The highest BCUT2D eigenvalue weighted by atomic mass is 16.5. The van der Waals surface area contributed by atoms with E-state index in [0.717, 1.165) is 46.7 Å². The summed E-state index contributed by atoms with van der Waals surface area (Å²) in [5.74, 6) is 2.34. The predicted molar refractivity (Wildman–Crippen MR) is 142 cm³/mol. The molecule has 1 aromatic heterocycles. The molecule has 1 N–H and O–H groups in total. The molecular formula is C30H35N3O2. The minimum atomic E-state index is -0.0433. The number of fused-ring (bicyclic) bond motifs is 1. The van der Waals surface area contributed by atoms with Gasteiger partial charge in [0.25, 0.3) is 5.91 Å². The van der Waals surface area contributed by atoms with Gasteiger partial charge in [0.15, 0.2) is 0 Å². The number of nitrogens with zero attached hydrogens (tertiary/aromatic N) is 2. The average molecular weight is 470 g/mol. The summed E-state index contributed by atoms with van der Waals surface area (Å²) in [6.07, 6.45) is 1.54. The van der Waals surface area contributed by atoms with Crippen LogP contribution in [0.4, 0.5) is 0 Å². The molecule has 0 saturated heterocycles. The monoisotopic (exact) mass is 469 g/mol. The lowest BCUT2D eigenvalue weighted by Crippen LogP contribution is -2.27. The van der Waals surface area contributed by atoms with Crippen LogP contribution in [0, 0.1) is 13.8 Å². The molecule has 1 amide bonds. The Morgan fingerprint density at radius 3 is 2.60 bits per heavy atom. The fraction of sp³-hybridized carbons (Fsp3) is 0.333. The fourth-order valence-electron chi connectivity index (χ4n) is 4.42. The second-order valence-electron chi connectivity index (χ2n) is 9.39. The molecule has 3 aromatic carbocycles. The van der Waals surface area contributed by atoms with Crippen molar-refractivity contribution in [1.29, 1.82) is 0 Å². The van der Waals surface area contributed by atoms with Crippen molar-refractivity contribution < 1.29 is 9.53 Å². The third kappa shape index (κ3) is 5.91. The Kier molecular flexibility index (Phi) is 7.86. The summed E-state index contributed by atoms with van der Waals surface area (Å²) in [6, 6.07) is 22.3. The van der Waals surface area contributed by atoms with Crippen molar-refractivity contribution in [2.24, 2.45) is 0 Å². The lowest BCUT2D eigenvalue weighted by Gasteiger charge is -2.15. The molecule has 4 aromatic rings. The van der Waals surface area contributed by atoms with E-state index in [2.05, 4.69) is 54.9 Å². The van der Waals surface area contributed by atoms with Gasteiger partial charge < -0.3 is 14.6 Å². The van der Waals surface area contributed by atoms with Gasteiger partial charge in [-0.25, -0.2) is 4.98 Å². The largest absolute Gasteiger partial charge is 0.493 e. The van der Waals surface area contributed by atoms with E-state index < -0.39 is 0 Å². The summed E-state index contributed by atoms with van der Waals surface area (Å²) >= 11 is 0. The van der Waals surface area contributed by atoms with Crippen molar-refractivity contribution in [3.63, 3.8) is 0 Å². The van der Waals surface area contributed by atoms with Gasteiger partial charge in [0.05, 0.1) is 17.6 Å². The highest BCUT2D eigenvalue weighted by Gasteiger charge is 2.13. The molecule has 0 atom stereocenters. The van der Waals surface area contributed by atoms with Crippen LogP contribution in [0.5, 0.6) is 5.75 Å². The lowest BCUT2D eigenvalue weighted by molar-refractivity contribution is 0.0953. The first-order valence-corrected chi connectivity index (χ1v) is 12.5. The molecule has 0 fully saturated rings. The summed E-state index contributed by atoms with van der Waals surface area (Å²) in [7, 11) is 0. The van der Waals surface area contributed by atoms with Gasteiger partial charge in [-0.15, -0.1) is 0 Å². The van der Waals surface area contributed by atoms with Crippen molar-refractivity contribution in [3.8, 4) is 5.75 Å². The predicted octanol–water partition coefficient (Wildman–Crippen LogP) is 6.22. The molecule has 5 nitrogen and oxygen atoms in total. The second-order valence-corrected chi connectivity index (χ2v) is 9.39. The van der Waals surface area contributed by atoms with Crippen LogP contribution >= 0.6 is 0 Å². The van der Waals surface area contributed by atoms with Crippen molar-refractivity contribution in [1.82, 2.24) is 14.9 Å². The quantitative estimate of drug-likeness (QED) is 0.281. The molecule has 0 spiro atoms. The van der Waals surface area contributed by atoms with E-state index in [0.29, 0.717) is 25.5 Å². The minimum absolute atomic E-state index is 0.0433. The van der Waals surface area contributed by atoms with Crippen molar-refractivity contribution in [2.75, 3.05) is 13.2 Å². The number of rotatable bonds is 10. The average Bonchev–Trinajstić information content (AvgIpc) is 3.19. The van der Waals surface area contributed by atoms with Crippen LogP contribution in [-0.2, 0) is 13.0 Å². The number of aryl methyl sites for hydroxylation is 3. The lowest BCUT2D eigenvalue weighted by atomic mass is 10.0. The molecule has 0 unspecified atom stereocenters. The maximum absolute atomic E-state index is 12.6. The molecule has 0 aliphatic carbocycles. The van der Waals surface area contributed by atoms with E-state index in [1.54, 1.807) is 0 Å². The molecule has 0 saturated carbocycles. The third-order valence-corrected chi connectivity index (χ3v) is 6.33. The number of imidazole rings is 1. The van der Waals surface area contributed by atoms with E-state index in [1.807, 2.05) is 49.4 Å². The topological polar surface area (TPSA) is 56.1 Å². The number of amides is 1. The molecule has 4 rings (SSSR count). The summed E-state index contributed by atoms with van der Waals surface area (Å²) in [5, 5.41) is 3.05. The summed E-state index contributed by atoms with van der Waals surface area (Å²) < 4.78 is 8.47. The highest BCUT2D eigenvalue weighted by molar-refractivity contribution is 5.95. The molecular weight excluding hydrogens is 434 g/mol. The normalized spacial score (nSPS) is 11.2. The fourth-order valence-corrected chi connectivity index (χ4v) is 4.42. The van der Waals surface area contributed by atoms with E-state index >= 15 is 0 Å². The maximum Gasteiger partial charge on any atom is 0.251 e. The number of para-hydroxylation sites is 2. The molecule has 0 radical (unpaired) electrons. The molecule has 35 heavy (non-hydrogen) atoms. The number of ether oxygens (including phenoxy) is 1. The Balaban J connectivity index is 1.40. The van der Waals surface area contributed by atoms with Crippen LogP contribution in [0.15, 0.2) is 66.7 Å². The van der Waals surface area contributed by atoms with Crippen LogP contribution < -0.4 is 10.1 Å². The maximum atomic E-state index is 12.6. The third-order valence-electron chi connectivity index (χ3n) is 6.33. The smallest absolute Gasteiger partial charge is 0.251 e. The number of hydrogen-bond acceptors (Lipinski definition) is 3. The standard InChI is InChI=1S/C30H35N3O2/c1-21(2)24-15-14-22(3)20-28(24)35-19-9-18-33-27-13-8-7-12-26(27)32-29(33)16-17-31-30(34)25-11-6-5-10-23(25)4/h5-8,10-15,20-21H,9,16-19H2,1-4H3,(H,31,34). The first-order chi connectivity index (χ1) is 16.9. The Morgan fingerprint density at radius 1 is 1.03 bits per heavy atom. The molecule has 5 heteroatoms. The number of carbonyl (C=O) groups excluding carboxylic acids is 1. The van der Waals surface area contributed by atoms with Crippen LogP contribution in [-0.4, -0.2) is 28.6 Å². The molecule has 0 aliphatic rings. The zero-order valence-corrected chi connectivity index (χ0v) is 21.2. The Labute approximate surface area is 208 Å². The van der Waals surface area contributed by atoms with Crippen molar-refractivity contribution >= 4 is 16.9 Å². The first kappa shape index (κ1) is 24.5. The van der Waals surface area contributed by atoms with Gasteiger partial charge in [-0.2, -0.15) is 0 Å². The van der Waals surface area contributed by atoms with Gasteiger partial charge in [0.2, 0.25) is 0 Å². The second kappa shape index (κ2) is 11.2. The SMILES string of the molecule is Cc1ccc(C(C)C)c(OCCCn2c(CCNC(=O)c3ccccc3C)nc3ccccc32)c1. The van der Waals surface area contributed by atoms with Gasteiger partial charge in [-0.3, -0.25) is 4.79 Å². The van der Waals surface area contributed by atoms with Crippen LogP contribution in [0.25, 0.3) is 11.0 Å². The summed E-state index contributed by atoms with van der Waals surface area (Å²) in [5.41, 5.74) is 6.25. The van der Waals surface area contributed by atoms with E-state index in [9.17, 15) is 4.79 Å². The van der Waals surface area contributed by atoms with E-state index in [4.69, 9.17) is 9.72 Å². The Bertz CT molecular complexity index is 1310. The zero-order chi connectivity index (χ0) is 24.8. The van der Waals surface area contributed by atoms with Crippen LogP contribution in [0.1, 0.15) is 59.1 Å². The van der Waals surface area contributed by atoms with Crippen LogP contribution in [0.3, 0.4) is 0 Å².